The van der Waals surface area contributed by atoms with E-state index in [-0.39, 0.29) is 60.7 Å². The van der Waals surface area contributed by atoms with Crippen molar-refractivity contribution in [2.24, 2.45) is 22.2 Å². The minimum absolute atomic E-state index is 0.0541. The van der Waals surface area contributed by atoms with E-state index < -0.39 is 119 Å². The zero-order chi connectivity index (χ0) is 56.4. The maximum absolute atomic E-state index is 15.9. The summed E-state index contributed by atoms with van der Waals surface area (Å²) >= 11 is 0. The lowest BCUT2D eigenvalue weighted by Gasteiger charge is -2.68. The van der Waals surface area contributed by atoms with E-state index in [1.54, 1.807) is 144 Å². The van der Waals surface area contributed by atoms with E-state index in [0.29, 0.717) is 11.1 Å². The first kappa shape index (κ1) is 56.8. The van der Waals surface area contributed by atoms with Crippen LogP contribution in [0.4, 0.5) is 14.4 Å². The van der Waals surface area contributed by atoms with Gasteiger partial charge in [-0.15, -0.1) is 0 Å². The lowest BCUT2D eigenvalue weighted by Crippen LogP contribution is -2.78. The van der Waals surface area contributed by atoms with E-state index in [1.165, 1.54) is 32.9 Å². The third-order valence-electron chi connectivity index (χ3n) is 15.8. The van der Waals surface area contributed by atoms with Crippen molar-refractivity contribution in [1.82, 2.24) is 5.32 Å². The molecule has 414 valence electrons. The molecule has 1 amide bonds. The van der Waals surface area contributed by atoms with E-state index in [4.69, 9.17) is 37.9 Å². The smallest absolute Gasteiger partial charge is 0.455 e. The Labute approximate surface area is 452 Å². The first-order valence-electron chi connectivity index (χ1n) is 25.9. The van der Waals surface area contributed by atoms with E-state index in [9.17, 15) is 34.2 Å². The maximum atomic E-state index is 15.9. The number of hydrogen-bond acceptors (Lipinski definition) is 17. The fourth-order valence-electron chi connectivity index (χ4n) is 12.1. The van der Waals surface area contributed by atoms with Crippen molar-refractivity contribution >= 4 is 41.9 Å². The lowest BCUT2D eigenvalue weighted by molar-refractivity contribution is -0.319. The van der Waals surface area contributed by atoms with Gasteiger partial charge in [0, 0.05) is 36.0 Å². The molecule has 0 spiro atoms. The number of aliphatic hydroxyl groups is 2. The van der Waals surface area contributed by atoms with Gasteiger partial charge in [-0.25, -0.2) is 24.0 Å². The number of nitrogens with one attached hydrogen (secondary N) is 1. The summed E-state index contributed by atoms with van der Waals surface area (Å²) in [4.78, 5) is 101. The Balaban J connectivity index is 1.26. The van der Waals surface area contributed by atoms with Crippen molar-refractivity contribution in [1.29, 1.82) is 0 Å². The van der Waals surface area contributed by atoms with E-state index in [0.717, 1.165) is 0 Å². The number of alkyl carbamates (subject to hydrolysis) is 1. The monoisotopic (exact) mass is 1070 g/mol. The average Bonchev–Trinajstić information content (AvgIpc) is 3.40. The van der Waals surface area contributed by atoms with Crippen molar-refractivity contribution in [3.05, 3.63) is 155 Å². The summed E-state index contributed by atoms with van der Waals surface area (Å²) in [5.41, 5.74) is -7.15. The molecular weight excluding hydrogens is 1010 g/mol. The van der Waals surface area contributed by atoms with Crippen LogP contribution in [0.2, 0.25) is 0 Å². The minimum Gasteiger partial charge on any atom is -0.455 e. The number of rotatable bonds is 15. The SMILES string of the molecule is CC(=O)C[C@@]12COC1CC(OC(=O)OCc1ccccc1)C1(C)C(=O)C(O)C3=C(C)[C@@H](OC(=O)[C@H](OC(=O)OCc4ccccc4)[C@@H](NC(=O)OC(C)(C)C)c4ccccc4)CC(O)([C@@H](OC(=O)c4ccccc4)C12)C3(C)C. The quantitative estimate of drug-likeness (QED) is 0.0572. The van der Waals surface area contributed by atoms with Crippen molar-refractivity contribution in [3.8, 4) is 0 Å². The number of esters is 2. The van der Waals surface area contributed by atoms with Gasteiger partial charge in [-0.2, -0.15) is 0 Å². The van der Waals surface area contributed by atoms with Crippen LogP contribution < -0.4 is 5.32 Å². The van der Waals surface area contributed by atoms with Gasteiger partial charge in [0.15, 0.2) is 5.78 Å². The molecule has 11 atom stereocenters. The third kappa shape index (κ3) is 11.3. The van der Waals surface area contributed by atoms with Crippen LogP contribution in [-0.4, -0.2) is 107 Å². The zero-order valence-electron chi connectivity index (χ0n) is 44.9. The first-order valence-corrected chi connectivity index (χ1v) is 25.9. The molecule has 18 heteroatoms. The summed E-state index contributed by atoms with van der Waals surface area (Å²) in [6.45, 7) is 11.7. The Morgan fingerprint density at radius 1 is 0.769 bits per heavy atom. The molecule has 2 saturated carbocycles. The summed E-state index contributed by atoms with van der Waals surface area (Å²) < 4.78 is 47.7. The highest BCUT2D eigenvalue weighted by molar-refractivity contribution is 5.94. The molecule has 1 saturated heterocycles. The second-order valence-electron chi connectivity index (χ2n) is 22.4. The predicted octanol–water partition coefficient (Wildman–Crippen LogP) is 8.65. The summed E-state index contributed by atoms with van der Waals surface area (Å²) in [6.07, 6.45) is -14.5. The fraction of sp³-hybridized carbons (Fsp3) is 0.450. The lowest BCUT2D eigenvalue weighted by atomic mass is 9.41. The molecule has 4 aromatic carbocycles. The molecule has 4 aliphatic rings. The molecule has 4 aromatic rings. The van der Waals surface area contributed by atoms with Gasteiger partial charge in [0.25, 0.3) is 0 Å². The van der Waals surface area contributed by atoms with Gasteiger partial charge in [0.05, 0.1) is 23.7 Å². The van der Waals surface area contributed by atoms with Gasteiger partial charge in [-0.3, -0.25) is 4.79 Å². The Morgan fingerprint density at radius 3 is 1.86 bits per heavy atom. The molecular formula is C60H67NO17. The van der Waals surface area contributed by atoms with Gasteiger partial charge in [-0.05, 0) is 81.5 Å². The highest BCUT2D eigenvalue weighted by atomic mass is 16.7. The molecule has 3 fully saturated rings. The standard InChI is InChI=1S/C60H67NO17/c1-35(62)30-59-34-73-43(59)29-42(75-54(68)71-32-37-21-13-9-14-22-37)58(8)48(59)50(77-51(65)40-27-19-12-20-28-40)60(70)31-41(36(2)44(57(60,6)7)46(63)49(58)64)74-52(66)47(76-55(69)72-33-38-23-15-10-16-24-38)45(39-25-17-11-18-26-39)61-53(67)78-56(3,4)5/h9-28,41-43,45-48,50,63,70H,29-34H2,1-8H3,(H,61,67)/t41-,42?,43?,45-,46?,47+,48?,50-,58?,59+,60?/m0/s1. The first-order chi connectivity index (χ1) is 36.9. The molecule has 78 heavy (non-hydrogen) atoms. The van der Waals surface area contributed by atoms with Crippen molar-refractivity contribution in [3.63, 3.8) is 0 Å². The van der Waals surface area contributed by atoms with Crippen LogP contribution in [0.25, 0.3) is 0 Å². The topological polar surface area (TPSA) is 246 Å². The summed E-state index contributed by atoms with van der Waals surface area (Å²) in [5, 5.41) is 29.7. The summed E-state index contributed by atoms with van der Waals surface area (Å²) in [7, 11) is 0. The number of benzene rings is 4. The highest BCUT2D eigenvalue weighted by Crippen LogP contribution is 2.67. The third-order valence-corrected chi connectivity index (χ3v) is 15.8. The Morgan fingerprint density at radius 2 is 1.32 bits per heavy atom. The van der Waals surface area contributed by atoms with Crippen molar-refractivity contribution < 1.29 is 81.7 Å². The number of carbonyl (C=O) groups is 7. The fourth-order valence-corrected chi connectivity index (χ4v) is 12.1. The molecule has 2 bridgehead atoms. The molecule has 18 nitrogen and oxygen atoms in total. The molecule has 0 aromatic heterocycles. The molecule has 6 unspecified atom stereocenters. The highest BCUT2D eigenvalue weighted by Gasteiger charge is 2.77. The van der Waals surface area contributed by atoms with Gasteiger partial charge < -0.3 is 58.2 Å². The predicted molar refractivity (Wildman–Crippen MR) is 278 cm³/mol. The second-order valence-corrected chi connectivity index (χ2v) is 22.4. The van der Waals surface area contributed by atoms with Gasteiger partial charge >= 0.3 is 30.3 Å². The summed E-state index contributed by atoms with van der Waals surface area (Å²) in [5.74, 6) is -4.95. The number of ether oxygens (including phenoxy) is 8. The van der Waals surface area contributed by atoms with Gasteiger partial charge in [0.2, 0.25) is 6.10 Å². The van der Waals surface area contributed by atoms with Crippen LogP contribution in [0, 0.1) is 22.2 Å². The minimum atomic E-state index is -2.46. The molecule has 1 heterocycles. The maximum Gasteiger partial charge on any atom is 0.509 e. The number of hydrogen-bond donors (Lipinski definition) is 3. The number of amides is 1. The largest absolute Gasteiger partial charge is 0.509 e. The Bertz CT molecular complexity index is 2910. The molecule has 3 N–H and O–H groups in total. The van der Waals surface area contributed by atoms with Crippen LogP contribution in [0.5, 0.6) is 0 Å². The number of Topliss-reactive ketones (excluding diaryl/α,β-unsaturated/α-hetero) is 2. The number of carbonyl (C=O) groups excluding carboxylic acids is 7. The molecule has 3 aliphatic carbocycles. The number of fused-ring (bicyclic) bond motifs is 5. The van der Waals surface area contributed by atoms with E-state index in [2.05, 4.69) is 5.32 Å². The second kappa shape index (κ2) is 22.5. The average molecular weight is 1070 g/mol. The van der Waals surface area contributed by atoms with Crippen LogP contribution in [0.1, 0.15) is 108 Å². The van der Waals surface area contributed by atoms with Crippen LogP contribution in [-0.2, 0) is 65.5 Å². The van der Waals surface area contributed by atoms with Crippen molar-refractivity contribution in [2.45, 2.75) is 142 Å². The number of aliphatic hydroxyl groups excluding tert-OH is 1. The summed E-state index contributed by atoms with van der Waals surface area (Å²) in [6, 6.07) is 31.9. The van der Waals surface area contributed by atoms with Gasteiger partial charge in [-0.1, -0.05) is 123 Å². The normalized spacial score (nSPS) is 27.7. The van der Waals surface area contributed by atoms with Gasteiger partial charge in [0.1, 0.15) is 60.7 Å². The van der Waals surface area contributed by atoms with Crippen molar-refractivity contribution in [2.75, 3.05) is 6.61 Å². The Hall–Kier alpha value is -7.41. The Kier molecular flexibility index (Phi) is 16.4. The van der Waals surface area contributed by atoms with E-state index in [1.807, 2.05) is 0 Å². The zero-order valence-corrected chi connectivity index (χ0v) is 44.9. The van der Waals surface area contributed by atoms with Crippen LogP contribution in [0.3, 0.4) is 0 Å². The number of ketones is 2. The van der Waals surface area contributed by atoms with E-state index >= 15 is 9.59 Å². The van der Waals surface area contributed by atoms with Crippen LogP contribution >= 0.6 is 0 Å². The molecule has 0 radical (unpaired) electrons. The van der Waals surface area contributed by atoms with Crippen LogP contribution in [0.15, 0.2) is 132 Å². The molecule has 8 rings (SSSR count). The molecule has 1 aliphatic heterocycles.